The van der Waals surface area contributed by atoms with Crippen molar-refractivity contribution in [1.29, 1.82) is 0 Å². The molecule has 37 heavy (non-hydrogen) atoms. The number of aromatic carboxylic acids is 1. The molecule has 0 aliphatic heterocycles. The SMILES string of the molecule is CC(C)c1cc(-c2ccc(OCCNCC(O)c3ccc(O)c(NS(C)(=O)=O)c3)cc2)ccc1C(=O)O. The van der Waals surface area contributed by atoms with Crippen LogP contribution in [0, 0.1) is 0 Å². The van der Waals surface area contributed by atoms with Gasteiger partial charge in [0.2, 0.25) is 10.0 Å². The first-order valence-electron chi connectivity index (χ1n) is 11.7. The third-order valence-corrected chi connectivity index (χ3v) is 6.27. The highest BCUT2D eigenvalue weighted by Crippen LogP contribution is 2.29. The van der Waals surface area contributed by atoms with E-state index in [1.54, 1.807) is 12.1 Å². The first-order valence-corrected chi connectivity index (χ1v) is 13.6. The molecule has 0 aliphatic rings. The van der Waals surface area contributed by atoms with Crippen molar-refractivity contribution < 1.29 is 33.3 Å². The van der Waals surface area contributed by atoms with Gasteiger partial charge in [0.25, 0.3) is 0 Å². The van der Waals surface area contributed by atoms with Crippen molar-refractivity contribution in [2.75, 3.05) is 30.7 Å². The molecular weight excluding hydrogens is 496 g/mol. The van der Waals surface area contributed by atoms with Gasteiger partial charge >= 0.3 is 5.97 Å². The Morgan fingerprint density at radius 2 is 1.68 bits per heavy atom. The fourth-order valence-electron chi connectivity index (χ4n) is 3.80. The molecule has 0 saturated heterocycles. The molecule has 5 N–H and O–H groups in total. The Bertz CT molecular complexity index is 1340. The van der Waals surface area contributed by atoms with Crippen LogP contribution >= 0.6 is 0 Å². The van der Waals surface area contributed by atoms with Crippen molar-refractivity contribution in [1.82, 2.24) is 5.32 Å². The molecule has 0 aromatic heterocycles. The molecule has 0 bridgehead atoms. The Kier molecular flexibility index (Phi) is 9.14. The van der Waals surface area contributed by atoms with Crippen molar-refractivity contribution >= 4 is 21.7 Å². The van der Waals surface area contributed by atoms with Gasteiger partial charge in [-0.05, 0) is 58.5 Å². The van der Waals surface area contributed by atoms with Gasteiger partial charge in [0.15, 0.2) is 0 Å². The fraction of sp³-hybridized carbons (Fsp3) is 0.296. The lowest BCUT2D eigenvalue weighted by atomic mass is 9.93. The van der Waals surface area contributed by atoms with Gasteiger partial charge in [-0.1, -0.05) is 44.2 Å². The second-order valence-electron chi connectivity index (χ2n) is 9.01. The molecule has 0 heterocycles. The first kappa shape index (κ1) is 28.0. The number of phenolic OH excluding ortho intramolecular Hbond substituents is 1. The Morgan fingerprint density at radius 1 is 1.00 bits per heavy atom. The zero-order valence-corrected chi connectivity index (χ0v) is 21.7. The minimum atomic E-state index is -3.57. The zero-order chi connectivity index (χ0) is 27.2. The number of benzene rings is 3. The van der Waals surface area contributed by atoms with Crippen molar-refractivity contribution in [3.05, 3.63) is 77.4 Å². The van der Waals surface area contributed by atoms with Crippen LogP contribution in [-0.4, -0.2) is 55.7 Å². The van der Waals surface area contributed by atoms with Crippen LogP contribution in [-0.2, 0) is 10.0 Å². The molecular formula is C27H32N2O7S. The number of nitrogens with one attached hydrogen (secondary N) is 2. The zero-order valence-electron chi connectivity index (χ0n) is 20.9. The lowest BCUT2D eigenvalue weighted by Crippen LogP contribution is -2.26. The van der Waals surface area contributed by atoms with E-state index in [0.717, 1.165) is 22.9 Å². The maximum atomic E-state index is 11.5. The quantitative estimate of drug-likeness (QED) is 0.175. The van der Waals surface area contributed by atoms with E-state index >= 15 is 0 Å². The minimum absolute atomic E-state index is 0.00379. The Balaban J connectivity index is 1.50. The maximum Gasteiger partial charge on any atom is 0.335 e. The number of hydrogen-bond donors (Lipinski definition) is 5. The van der Waals surface area contributed by atoms with Crippen LogP contribution in [0.25, 0.3) is 11.1 Å². The molecule has 3 aromatic rings. The summed E-state index contributed by atoms with van der Waals surface area (Å²) in [7, 11) is -3.57. The number of aliphatic hydroxyl groups is 1. The summed E-state index contributed by atoms with van der Waals surface area (Å²) in [5, 5.41) is 32.7. The van der Waals surface area contributed by atoms with Crippen LogP contribution in [0.5, 0.6) is 11.5 Å². The lowest BCUT2D eigenvalue weighted by molar-refractivity contribution is 0.0695. The highest BCUT2D eigenvalue weighted by Gasteiger charge is 2.15. The fourth-order valence-corrected chi connectivity index (χ4v) is 4.36. The van der Waals surface area contributed by atoms with Crippen LogP contribution in [0.3, 0.4) is 0 Å². The van der Waals surface area contributed by atoms with E-state index in [-0.39, 0.29) is 23.9 Å². The molecule has 10 heteroatoms. The van der Waals surface area contributed by atoms with Crippen LogP contribution in [0.4, 0.5) is 5.69 Å². The van der Waals surface area contributed by atoms with Gasteiger partial charge in [-0.3, -0.25) is 4.72 Å². The number of ether oxygens (including phenoxy) is 1. The van der Waals surface area contributed by atoms with Gasteiger partial charge in [0, 0.05) is 13.1 Å². The summed E-state index contributed by atoms with van der Waals surface area (Å²) in [6, 6.07) is 17.1. The topological polar surface area (TPSA) is 145 Å². The highest BCUT2D eigenvalue weighted by molar-refractivity contribution is 7.92. The monoisotopic (exact) mass is 528 g/mol. The minimum Gasteiger partial charge on any atom is -0.506 e. The number of aromatic hydroxyl groups is 1. The van der Waals surface area contributed by atoms with Gasteiger partial charge in [-0.2, -0.15) is 0 Å². The summed E-state index contributed by atoms with van der Waals surface area (Å²) in [6.07, 6.45) is 0.0643. The Morgan fingerprint density at radius 3 is 2.30 bits per heavy atom. The second-order valence-corrected chi connectivity index (χ2v) is 10.8. The first-order chi connectivity index (χ1) is 17.4. The molecule has 0 spiro atoms. The van der Waals surface area contributed by atoms with Gasteiger partial charge in [0.1, 0.15) is 18.1 Å². The van der Waals surface area contributed by atoms with Crippen LogP contribution < -0.4 is 14.8 Å². The second kappa shape index (κ2) is 12.1. The van der Waals surface area contributed by atoms with Gasteiger partial charge in [-0.15, -0.1) is 0 Å². The molecule has 3 aromatic carbocycles. The smallest absolute Gasteiger partial charge is 0.335 e. The summed E-state index contributed by atoms with van der Waals surface area (Å²) in [5.74, 6) is -0.407. The summed E-state index contributed by atoms with van der Waals surface area (Å²) in [4.78, 5) is 11.5. The van der Waals surface area contributed by atoms with Crippen molar-refractivity contribution in [2.24, 2.45) is 0 Å². The number of carboxylic acid groups (broad SMARTS) is 1. The third-order valence-electron chi connectivity index (χ3n) is 5.68. The number of carboxylic acids is 1. The van der Waals surface area contributed by atoms with E-state index in [4.69, 9.17) is 4.74 Å². The third kappa shape index (κ3) is 7.94. The highest BCUT2D eigenvalue weighted by atomic mass is 32.2. The molecule has 0 amide bonds. The van der Waals surface area contributed by atoms with Gasteiger partial charge < -0.3 is 25.4 Å². The molecule has 3 rings (SSSR count). The standard InChI is InChI=1S/C27H32N2O7S/c1-17(2)23-14-19(6-10-22(23)27(32)33)18-4-8-21(9-5-18)36-13-12-28-16-26(31)20-7-11-25(30)24(15-20)29-37(3,34)35/h4-11,14-15,17,26,28-31H,12-13,16H2,1-3H3,(H,32,33). The predicted molar refractivity (Wildman–Crippen MR) is 143 cm³/mol. The summed E-state index contributed by atoms with van der Waals surface area (Å²) >= 11 is 0. The molecule has 1 unspecified atom stereocenters. The number of anilines is 1. The molecule has 198 valence electrons. The van der Waals surface area contributed by atoms with Crippen molar-refractivity contribution in [2.45, 2.75) is 25.9 Å². The number of aliphatic hydroxyl groups excluding tert-OH is 1. The van der Waals surface area contributed by atoms with Crippen LogP contribution in [0.15, 0.2) is 60.7 Å². The summed E-state index contributed by atoms with van der Waals surface area (Å²) in [6.45, 7) is 4.95. The number of sulfonamides is 1. The number of phenols is 1. The largest absolute Gasteiger partial charge is 0.506 e. The Hall–Kier alpha value is -3.60. The average Bonchev–Trinajstić information content (AvgIpc) is 2.84. The maximum absolute atomic E-state index is 11.5. The van der Waals surface area contributed by atoms with E-state index in [1.165, 1.54) is 18.2 Å². The van der Waals surface area contributed by atoms with Crippen LogP contribution in [0.1, 0.15) is 47.4 Å². The predicted octanol–water partition coefficient (Wildman–Crippen LogP) is 3.95. The Labute approximate surface area is 216 Å². The molecule has 0 radical (unpaired) electrons. The normalized spacial score (nSPS) is 12.4. The van der Waals surface area contributed by atoms with E-state index in [1.807, 2.05) is 44.2 Å². The van der Waals surface area contributed by atoms with Crippen molar-refractivity contribution in [3.8, 4) is 22.6 Å². The van der Waals surface area contributed by atoms with Gasteiger partial charge in [0.05, 0.1) is 23.6 Å². The summed E-state index contributed by atoms with van der Waals surface area (Å²) < 4.78 is 30.8. The molecule has 9 nitrogen and oxygen atoms in total. The number of hydrogen-bond acceptors (Lipinski definition) is 7. The lowest BCUT2D eigenvalue weighted by Gasteiger charge is -2.15. The van der Waals surface area contributed by atoms with E-state index in [2.05, 4.69) is 10.0 Å². The van der Waals surface area contributed by atoms with Gasteiger partial charge in [-0.25, -0.2) is 13.2 Å². The molecule has 1 atom stereocenters. The van der Waals surface area contributed by atoms with E-state index in [0.29, 0.717) is 30.0 Å². The van der Waals surface area contributed by atoms with Crippen LogP contribution in [0.2, 0.25) is 0 Å². The summed E-state index contributed by atoms with van der Waals surface area (Å²) in [5.41, 5.74) is 3.43. The van der Waals surface area contributed by atoms with E-state index in [9.17, 15) is 28.5 Å². The number of rotatable bonds is 12. The average molecular weight is 529 g/mol. The number of carbonyl (C=O) groups is 1. The van der Waals surface area contributed by atoms with Crippen molar-refractivity contribution in [3.63, 3.8) is 0 Å². The molecule has 0 fully saturated rings. The van der Waals surface area contributed by atoms with E-state index < -0.39 is 22.1 Å². The molecule has 0 aliphatic carbocycles. The molecule has 0 saturated carbocycles.